The summed E-state index contributed by atoms with van der Waals surface area (Å²) in [5.74, 6) is 0.503. The molecule has 1 amide bonds. The number of nitrogens with one attached hydrogen (secondary N) is 1. The van der Waals surface area contributed by atoms with Crippen molar-refractivity contribution in [2.24, 2.45) is 0 Å². The molecule has 1 fully saturated rings. The highest BCUT2D eigenvalue weighted by molar-refractivity contribution is 5.91. The normalized spacial score (nSPS) is 15.1. The number of hydrogen-bond acceptors (Lipinski definition) is 2. The smallest absolute Gasteiger partial charge is 0.230 e. The van der Waals surface area contributed by atoms with E-state index in [2.05, 4.69) is 5.32 Å². The molecule has 0 aliphatic heterocycles. The van der Waals surface area contributed by atoms with E-state index in [4.69, 9.17) is 4.74 Å². The van der Waals surface area contributed by atoms with Crippen LogP contribution in [-0.2, 0) is 10.2 Å². The molecule has 0 radical (unpaired) electrons. The number of ether oxygens (including phenoxy) is 1. The third kappa shape index (κ3) is 3.11. The number of para-hydroxylation sites is 1. The first-order valence-corrected chi connectivity index (χ1v) is 7.43. The fraction of sp³-hybridized carbons (Fsp3) is 0.278. The molecular weight excluding hydrogens is 281 g/mol. The monoisotopic (exact) mass is 299 g/mol. The Kier molecular flexibility index (Phi) is 4.09. The summed E-state index contributed by atoms with van der Waals surface area (Å²) < 4.78 is 18.5. The van der Waals surface area contributed by atoms with Crippen molar-refractivity contribution < 1.29 is 13.9 Å². The minimum absolute atomic E-state index is 0.00392. The van der Waals surface area contributed by atoms with Gasteiger partial charge >= 0.3 is 0 Å². The number of amides is 1. The van der Waals surface area contributed by atoms with E-state index in [1.54, 1.807) is 12.1 Å². The molecule has 2 aromatic rings. The lowest BCUT2D eigenvalue weighted by Gasteiger charge is -2.16. The Morgan fingerprint density at radius 1 is 1.09 bits per heavy atom. The molecule has 1 aliphatic rings. The van der Waals surface area contributed by atoms with Crippen LogP contribution in [-0.4, -0.2) is 19.1 Å². The lowest BCUT2D eigenvalue weighted by Crippen LogP contribution is -2.37. The van der Waals surface area contributed by atoms with Gasteiger partial charge in [-0.1, -0.05) is 30.3 Å². The van der Waals surface area contributed by atoms with Crippen LogP contribution in [0.3, 0.4) is 0 Å². The molecule has 3 nitrogen and oxygen atoms in total. The molecule has 0 unspecified atom stereocenters. The predicted molar refractivity (Wildman–Crippen MR) is 82.3 cm³/mol. The van der Waals surface area contributed by atoms with E-state index in [1.807, 2.05) is 30.3 Å². The van der Waals surface area contributed by atoms with E-state index in [-0.39, 0.29) is 11.7 Å². The minimum atomic E-state index is -0.472. The maximum Gasteiger partial charge on any atom is 0.230 e. The average Bonchev–Trinajstić information content (AvgIpc) is 3.35. The van der Waals surface area contributed by atoms with Gasteiger partial charge < -0.3 is 10.1 Å². The molecule has 0 saturated heterocycles. The Morgan fingerprint density at radius 3 is 2.41 bits per heavy atom. The Hall–Kier alpha value is -2.36. The molecule has 0 atom stereocenters. The molecule has 0 bridgehead atoms. The third-order valence-corrected chi connectivity index (χ3v) is 3.98. The summed E-state index contributed by atoms with van der Waals surface area (Å²) in [7, 11) is 0. The number of carbonyl (C=O) groups excluding carboxylic acids is 1. The zero-order chi connectivity index (χ0) is 15.4. The van der Waals surface area contributed by atoms with Gasteiger partial charge in [-0.2, -0.15) is 0 Å². The molecule has 0 heterocycles. The summed E-state index contributed by atoms with van der Waals surface area (Å²) in [4.78, 5) is 12.4. The third-order valence-electron chi connectivity index (χ3n) is 3.98. The fourth-order valence-corrected chi connectivity index (χ4v) is 2.56. The van der Waals surface area contributed by atoms with Crippen LogP contribution in [0, 0.1) is 5.82 Å². The summed E-state index contributed by atoms with van der Waals surface area (Å²) in [6, 6.07) is 15.7. The van der Waals surface area contributed by atoms with Crippen LogP contribution >= 0.6 is 0 Å². The first kappa shape index (κ1) is 14.6. The standard InChI is InChI=1S/C18H18FNO2/c19-15-8-6-14(7-9-15)18(10-11-18)17(21)20-12-13-22-16-4-2-1-3-5-16/h1-9H,10-13H2,(H,20,21). The number of hydrogen-bond donors (Lipinski definition) is 1. The number of benzene rings is 2. The van der Waals surface area contributed by atoms with Crippen molar-refractivity contribution in [3.63, 3.8) is 0 Å². The highest BCUT2D eigenvalue weighted by atomic mass is 19.1. The van der Waals surface area contributed by atoms with Gasteiger partial charge in [0.25, 0.3) is 0 Å². The van der Waals surface area contributed by atoms with E-state index in [9.17, 15) is 9.18 Å². The Labute approximate surface area is 129 Å². The van der Waals surface area contributed by atoms with E-state index < -0.39 is 5.41 Å². The maximum atomic E-state index is 13.0. The van der Waals surface area contributed by atoms with Crippen molar-refractivity contribution >= 4 is 5.91 Å². The van der Waals surface area contributed by atoms with Crippen LogP contribution in [0.2, 0.25) is 0 Å². The highest BCUT2D eigenvalue weighted by Crippen LogP contribution is 2.48. The zero-order valence-electron chi connectivity index (χ0n) is 12.2. The Morgan fingerprint density at radius 2 is 1.77 bits per heavy atom. The van der Waals surface area contributed by atoms with Gasteiger partial charge in [-0.15, -0.1) is 0 Å². The van der Waals surface area contributed by atoms with Crippen molar-refractivity contribution in [2.75, 3.05) is 13.2 Å². The van der Waals surface area contributed by atoms with Crippen LogP contribution in [0.4, 0.5) is 4.39 Å². The molecule has 4 heteroatoms. The van der Waals surface area contributed by atoms with Gasteiger partial charge in [0.2, 0.25) is 5.91 Å². The number of carbonyl (C=O) groups is 1. The van der Waals surface area contributed by atoms with E-state index in [0.29, 0.717) is 13.2 Å². The second kappa shape index (κ2) is 6.18. The fourth-order valence-electron chi connectivity index (χ4n) is 2.56. The highest BCUT2D eigenvalue weighted by Gasteiger charge is 2.50. The molecule has 114 valence electrons. The Balaban J connectivity index is 1.51. The average molecular weight is 299 g/mol. The maximum absolute atomic E-state index is 13.0. The van der Waals surface area contributed by atoms with E-state index in [0.717, 1.165) is 24.2 Å². The van der Waals surface area contributed by atoms with Crippen LogP contribution < -0.4 is 10.1 Å². The van der Waals surface area contributed by atoms with Gasteiger partial charge in [0, 0.05) is 0 Å². The first-order valence-electron chi connectivity index (χ1n) is 7.43. The van der Waals surface area contributed by atoms with Gasteiger partial charge in [-0.05, 0) is 42.7 Å². The molecule has 3 rings (SSSR count). The largest absolute Gasteiger partial charge is 0.492 e. The van der Waals surface area contributed by atoms with Crippen molar-refractivity contribution in [1.82, 2.24) is 5.32 Å². The SMILES string of the molecule is O=C(NCCOc1ccccc1)C1(c2ccc(F)cc2)CC1. The minimum Gasteiger partial charge on any atom is -0.492 e. The van der Waals surface area contributed by atoms with Gasteiger partial charge in [0.05, 0.1) is 12.0 Å². The van der Waals surface area contributed by atoms with Crippen LogP contribution in [0.1, 0.15) is 18.4 Å². The van der Waals surface area contributed by atoms with Gasteiger partial charge in [-0.3, -0.25) is 4.79 Å². The van der Waals surface area contributed by atoms with E-state index >= 15 is 0 Å². The number of halogens is 1. The summed E-state index contributed by atoms with van der Waals surface area (Å²) >= 11 is 0. The Bertz CT molecular complexity index is 636. The quantitative estimate of drug-likeness (QED) is 0.833. The number of rotatable bonds is 6. The van der Waals surface area contributed by atoms with Crippen LogP contribution in [0.5, 0.6) is 5.75 Å². The molecule has 1 N–H and O–H groups in total. The molecule has 0 spiro atoms. The molecule has 2 aromatic carbocycles. The topological polar surface area (TPSA) is 38.3 Å². The second-order valence-corrected chi connectivity index (χ2v) is 5.51. The zero-order valence-corrected chi connectivity index (χ0v) is 12.2. The molecule has 0 aromatic heterocycles. The van der Waals surface area contributed by atoms with Gasteiger partial charge in [0.15, 0.2) is 0 Å². The second-order valence-electron chi connectivity index (χ2n) is 5.51. The predicted octanol–water partition coefficient (Wildman–Crippen LogP) is 3.05. The van der Waals surface area contributed by atoms with Crippen molar-refractivity contribution in [3.05, 3.63) is 66.0 Å². The van der Waals surface area contributed by atoms with Gasteiger partial charge in [-0.25, -0.2) is 4.39 Å². The summed E-state index contributed by atoms with van der Waals surface area (Å²) in [6.07, 6.45) is 1.62. The van der Waals surface area contributed by atoms with E-state index in [1.165, 1.54) is 12.1 Å². The van der Waals surface area contributed by atoms with Crippen LogP contribution in [0.25, 0.3) is 0 Å². The van der Waals surface area contributed by atoms with Crippen molar-refractivity contribution in [2.45, 2.75) is 18.3 Å². The van der Waals surface area contributed by atoms with Crippen LogP contribution in [0.15, 0.2) is 54.6 Å². The summed E-state index contributed by atoms with van der Waals surface area (Å²) in [5, 5.41) is 2.91. The lowest BCUT2D eigenvalue weighted by molar-refractivity contribution is -0.123. The molecular formula is C18H18FNO2. The molecule has 22 heavy (non-hydrogen) atoms. The van der Waals surface area contributed by atoms with Gasteiger partial charge in [0.1, 0.15) is 18.2 Å². The summed E-state index contributed by atoms with van der Waals surface area (Å²) in [5.41, 5.74) is 0.413. The molecule has 1 saturated carbocycles. The summed E-state index contributed by atoms with van der Waals surface area (Å²) in [6.45, 7) is 0.881. The van der Waals surface area contributed by atoms with Crippen molar-refractivity contribution in [1.29, 1.82) is 0 Å². The molecule has 1 aliphatic carbocycles. The van der Waals surface area contributed by atoms with Crippen molar-refractivity contribution in [3.8, 4) is 5.75 Å². The first-order chi connectivity index (χ1) is 10.7. The lowest BCUT2D eigenvalue weighted by atomic mass is 9.95.